The molecule has 1 atom stereocenters. The highest BCUT2D eigenvalue weighted by Crippen LogP contribution is 2.34. The number of hydrogen-bond donors (Lipinski definition) is 1. The quantitative estimate of drug-likeness (QED) is 0.751. The molecule has 138 valence electrons. The Hall–Kier alpha value is -3.28. The van der Waals surface area contributed by atoms with Crippen molar-refractivity contribution in [3.8, 4) is 17.2 Å². The Balaban J connectivity index is 1.55. The van der Waals surface area contributed by atoms with Crippen molar-refractivity contribution in [3.05, 3.63) is 71.5 Å². The number of nitrogens with zero attached hydrogens (tertiary/aromatic N) is 2. The topological polar surface area (TPSA) is 65.4 Å². The number of aromatic nitrogens is 2. The van der Waals surface area contributed by atoms with Crippen molar-refractivity contribution in [2.24, 2.45) is 0 Å². The summed E-state index contributed by atoms with van der Waals surface area (Å²) in [4.78, 5) is 12.9. The Bertz CT molecular complexity index is 966. The normalized spacial score (nSPS) is 13.4. The van der Waals surface area contributed by atoms with Crippen molar-refractivity contribution >= 4 is 5.91 Å². The van der Waals surface area contributed by atoms with Gasteiger partial charge in [0.2, 0.25) is 6.79 Å². The Morgan fingerprint density at radius 3 is 2.74 bits per heavy atom. The second-order valence-corrected chi connectivity index (χ2v) is 6.41. The summed E-state index contributed by atoms with van der Waals surface area (Å²) in [6.07, 6.45) is 2.34. The van der Waals surface area contributed by atoms with Crippen LogP contribution in [0.15, 0.2) is 54.7 Å². The maximum atomic E-state index is 12.9. The standard InChI is InChI=1S/C21H21N3O3/c1-3-18-17(12-22-24(18)16-7-5-4-6-8-16)21(25)23-14(2)15-9-10-19-20(11-15)27-13-26-19/h4-12,14H,3,13H2,1-2H3,(H,23,25). The second-order valence-electron chi connectivity index (χ2n) is 6.41. The average Bonchev–Trinajstić information content (AvgIpc) is 3.34. The largest absolute Gasteiger partial charge is 0.454 e. The monoisotopic (exact) mass is 363 g/mol. The molecule has 0 fully saturated rings. The molecule has 6 heteroatoms. The van der Waals surface area contributed by atoms with Crippen molar-refractivity contribution in [1.29, 1.82) is 0 Å². The highest BCUT2D eigenvalue weighted by Gasteiger charge is 2.21. The number of ether oxygens (including phenoxy) is 2. The van der Waals surface area contributed by atoms with Crippen molar-refractivity contribution < 1.29 is 14.3 Å². The van der Waals surface area contributed by atoms with Gasteiger partial charge >= 0.3 is 0 Å². The van der Waals surface area contributed by atoms with E-state index >= 15 is 0 Å². The Labute approximate surface area is 157 Å². The first-order valence-corrected chi connectivity index (χ1v) is 9.00. The van der Waals surface area contributed by atoms with Gasteiger partial charge in [-0.25, -0.2) is 4.68 Å². The molecule has 0 spiro atoms. The molecular weight excluding hydrogens is 342 g/mol. The fraction of sp³-hybridized carbons (Fsp3) is 0.238. The molecule has 6 nitrogen and oxygen atoms in total. The predicted octanol–water partition coefficient (Wildman–Crippen LogP) is 3.65. The molecular formula is C21H21N3O3. The highest BCUT2D eigenvalue weighted by atomic mass is 16.7. The third-order valence-electron chi connectivity index (χ3n) is 4.69. The number of carbonyl (C=O) groups excluding carboxylic acids is 1. The molecule has 0 radical (unpaired) electrons. The van der Waals surface area contributed by atoms with Crippen LogP contribution in [0.25, 0.3) is 5.69 Å². The molecule has 0 saturated heterocycles. The minimum Gasteiger partial charge on any atom is -0.454 e. The van der Waals surface area contributed by atoms with Gasteiger partial charge in [-0.1, -0.05) is 31.2 Å². The summed E-state index contributed by atoms with van der Waals surface area (Å²) in [6, 6.07) is 15.4. The molecule has 4 rings (SSSR count). The van der Waals surface area contributed by atoms with Gasteiger partial charge in [-0.2, -0.15) is 5.10 Å². The molecule has 1 N–H and O–H groups in total. The molecule has 1 aliphatic heterocycles. The van der Waals surface area contributed by atoms with Crippen LogP contribution in [0, 0.1) is 0 Å². The average molecular weight is 363 g/mol. The first-order valence-electron chi connectivity index (χ1n) is 9.00. The SMILES string of the molecule is CCc1c(C(=O)NC(C)c2ccc3c(c2)OCO3)cnn1-c1ccccc1. The van der Waals surface area contributed by atoms with Crippen LogP contribution in [0.4, 0.5) is 0 Å². The van der Waals surface area contributed by atoms with E-state index in [1.807, 2.05) is 67.1 Å². The summed E-state index contributed by atoms with van der Waals surface area (Å²) < 4.78 is 12.6. The summed E-state index contributed by atoms with van der Waals surface area (Å²) in [5, 5.41) is 7.48. The molecule has 0 saturated carbocycles. The molecule has 1 amide bonds. The summed E-state index contributed by atoms with van der Waals surface area (Å²) in [5.41, 5.74) is 3.38. The van der Waals surface area contributed by atoms with Gasteiger partial charge < -0.3 is 14.8 Å². The van der Waals surface area contributed by atoms with Gasteiger partial charge in [0.1, 0.15) is 0 Å². The van der Waals surface area contributed by atoms with E-state index in [9.17, 15) is 4.79 Å². The van der Waals surface area contributed by atoms with E-state index in [0.717, 1.165) is 22.7 Å². The van der Waals surface area contributed by atoms with Crippen LogP contribution in [-0.4, -0.2) is 22.5 Å². The number of nitrogens with one attached hydrogen (secondary N) is 1. The summed E-state index contributed by atoms with van der Waals surface area (Å²) >= 11 is 0. The lowest BCUT2D eigenvalue weighted by atomic mass is 10.1. The lowest BCUT2D eigenvalue weighted by molar-refractivity contribution is 0.0939. The Morgan fingerprint density at radius 2 is 1.96 bits per heavy atom. The number of hydrogen-bond acceptors (Lipinski definition) is 4. The van der Waals surface area contributed by atoms with Gasteiger partial charge in [-0.3, -0.25) is 4.79 Å². The van der Waals surface area contributed by atoms with Crippen molar-refractivity contribution in [1.82, 2.24) is 15.1 Å². The van der Waals surface area contributed by atoms with Crippen LogP contribution in [0.5, 0.6) is 11.5 Å². The van der Waals surface area contributed by atoms with Gasteiger partial charge in [-0.05, 0) is 43.2 Å². The maximum Gasteiger partial charge on any atom is 0.255 e. The molecule has 1 aliphatic rings. The number of fused-ring (bicyclic) bond motifs is 1. The Morgan fingerprint density at radius 1 is 1.19 bits per heavy atom. The fourth-order valence-corrected chi connectivity index (χ4v) is 3.24. The van der Waals surface area contributed by atoms with E-state index in [1.165, 1.54) is 0 Å². The summed E-state index contributed by atoms with van der Waals surface area (Å²) in [6.45, 7) is 4.20. The smallest absolute Gasteiger partial charge is 0.255 e. The van der Waals surface area contributed by atoms with E-state index in [2.05, 4.69) is 10.4 Å². The van der Waals surface area contributed by atoms with Crippen LogP contribution in [0.1, 0.15) is 41.5 Å². The minimum atomic E-state index is -0.170. The number of rotatable bonds is 5. The van der Waals surface area contributed by atoms with E-state index in [0.29, 0.717) is 17.7 Å². The van der Waals surface area contributed by atoms with Gasteiger partial charge in [-0.15, -0.1) is 0 Å². The van der Waals surface area contributed by atoms with Gasteiger partial charge in [0, 0.05) is 0 Å². The predicted molar refractivity (Wildman–Crippen MR) is 101 cm³/mol. The molecule has 0 aliphatic carbocycles. The molecule has 2 aromatic carbocycles. The maximum absolute atomic E-state index is 12.9. The summed E-state index contributed by atoms with van der Waals surface area (Å²) in [5.74, 6) is 1.30. The number of benzene rings is 2. The molecule has 0 bridgehead atoms. The zero-order valence-corrected chi connectivity index (χ0v) is 15.3. The van der Waals surface area contributed by atoms with Gasteiger partial charge in [0.25, 0.3) is 5.91 Å². The van der Waals surface area contributed by atoms with Crippen LogP contribution >= 0.6 is 0 Å². The van der Waals surface area contributed by atoms with E-state index in [4.69, 9.17) is 9.47 Å². The molecule has 1 unspecified atom stereocenters. The fourth-order valence-electron chi connectivity index (χ4n) is 3.24. The number of para-hydroxylation sites is 1. The zero-order chi connectivity index (χ0) is 18.8. The van der Waals surface area contributed by atoms with Crippen LogP contribution < -0.4 is 14.8 Å². The van der Waals surface area contributed by atoms with Gasteiger partial charge in [0.05, 0.1) is 29.2 Å². The van der Waals surface area contributed by atoms with Crippen LogP contribution in [0.3, 0.4) is 0 Å². The molecule has 2 heterocycles. The van der Waals surface area contributed by atoms with Crippen LogP contribution in [0.2, 0.25) is 0 Å². The third kappa shape index (κ3) is 3.26. The molecule has 27 heavy (non-hydrogen) atoms. The van der Waals surface area contributed by atoms with Crippen molar-refractivity contribution in [3.63, 3.8) is 0 Å². The van der Waals surface area contributed by atoms with Crippen molar-refractivity contribution in [2.45, 2.75) is 26.3 Å². The molecule has 1 aromatic heterocycles. The lowest BCUT2D eigenvalue weighted by Crippen LogP contribution is -2.27. The van der Waals surface area contributed by atoms with Crippen LogP contribution in [-0.2, 0) is 6.42 Å². The van der Waals surface area contributed by atoms with E-state index in [-0.39, 0.29) is 18.7 Å². The highest BCUT2D eigenvalue weighted by molar-refractivity contribution is 5.95. The number of amides is 1. The van der Waals surface area contributed by atoms with Crippen molar-refractivity contribution in [2.75, 3.05) is 6.79 Å². The number of carbonyl (C=O) groups is 1. The third-order valence-corrected chi connectivity index (χ3v) is 4.69. The zero-order valence-electron chi connectivity index (χ0n) is 15.3. The van der Waals surface area contributed by atoms with E-state index < -0.39 is 0 Å². The van der Waals surface area contributed by atoms with Gasteiger partial charge in [0.15, 0.2) is 11.5 Å². The van der Waals surface area contributed by atoms with E-state index in [1.54, 1.807) is 6.20 Å². The second kappa shape index (κ2) is 7.15. The summed E-state index contributed by atoms with van der Waals surface area (Å²) in [7, 11) is 0. The Kier molecular flexibility index (Phi) is 4.54. The first kappa shape index (κ1) is 17.1. The lowest BCUT2D eigenvalue weighted by Gasteiger charge is -2.15. The molecule has 3 aromatic rings. The minimum absolute atomic E-state index is 0.140. The first-order chi connectivity index (χ1) is 13.2.